The Balaban J connectivity index is 1.81. The van der Waals surface area contributed by atoms with Gasteiger partial charge >= 0.3 is 5.97 Å². The molecular weight excluding hydrogens is 306 g/mol. The summed E-state index contributed by atoms with van der Waals surface area (Å²) in [6.07, 6.45) is 1.66. The number of ether oxygens (including phenoxy) is 3. The van der Waals surface area contributed by atoms with E-state index in [9.17, 15) is 4.79 Å². The van der Waals surface area contributed by atoms with Crippen molar-refractivity contribution in [3.05, 3.63) is 53.1 Å². The highest BCUT2D eigenvalue weighted by Crippen LogP contribution is 2.45. The van der Waals surface area contributed by atoms with Crippen LogP contribution < -0.4 is 14.4 Å². The molecule has 1 unspecified atom stereocenters. The maximum atomic E-state index is 12.5. The zero-order valence-electron chi connectivity index (χ0n) is 13.7. The van der Waals surface area contributed by atoms with E-state index in [2.05, 4.69) is 17.0 Å². The third-order valence-corrected chi connectivity index (χ3v) is 4.70. The molecule has 2 aliphatic rings. The number of cyclic esters (lactones) is 1. The minimum absolute atomic E-state index is 0.367. The summed E-state index contributed by atoms with van der Waals surface area (Å²) >= 11 is 0. The second-order valence-electron chi connectivity index (χ2n) is 5.95. The number of aryl methyl sites for hydroxylation is 1. The van der Waals surface area contributed by atoms with Crippen LogP contribution >= 0.6 is 0 Å². The van der Waals surface area contributed by atoms with Crippen molar-refractivity contribution in [1.82, 2.24) is 0 Å². The molecular formula is C19H19NO4. The Morgan fingerprint density at radius 2 is 1.96 bits per heavy atom. The molecule has 24 heavy (non-hydrogen) atoms. The van der Waals surface area contributed by atoms with Gasteiger partial charge in [0.25, 0.3) is 0 Å². The molecule has 2 aromatic rings. The first-order valence-electron chi connectivity index (χ1n) is 8.05. The summed E-state index contributed by atoms with van der Waals surface area (Å²) < 4.78 is 16.4. The van der Waals surface area contributed by atoms with Crippen LogP contribution in [-0.4, -0.2) is 26.7 Å². The van der Waals surface area contributed by atoms with Crippen LogP contribution in [0.4, 0.5) is 5.69 Å². The van der Waals surface area contributed by atoms with E-state index in [1.165, 1.54) is 12.7 Å². The first kappa shape index (κ1) is 14.9. The molecule has 2 aromatic carbocycles. The number of methoxy groups -OCH3 is 2. The molecule has 0 bridgehead atoms. The molecule has 2 aliphatic heterocycles. The number of hydrogen-bond donors (Lipinski definition) is 0. The maximum Gasteiger partial charge on any atom is 0.344 e. The van der Waals surface area contributed by atoms with Crippen LogP contribution in [0, 0.1) is 0 Å². The Labute approximate surface area is 140 Å². The lowest BCUT2D eigenvalue weighted by molar-refractivity contribution is 0.0373. The van der Waals surface area contributed by atoms with Crippen molar-refractivity contribution < 1.29 is 19.0 Å². The van der Waals surface area contributed by atoms with Crippen LogP contribution in [0.1, 0.15) is 34.1 Å². The molecule has 5 nitrogen and oxygen atoms in total. The lowest BCUT2D eigenvalue weighted by atomic mass is 9.99. The van der Waals surface area contributed by atoms with Crippen molar-refractivity contribution >= 4 is 11.7 Å². The maximum absolute atomic E-state index is 12.5. The fraction of sp³-hybridized carbons (Fsp3) is 0.316. The number of anilines is 1. The molecule has 0 saturated heterocycles. The molecule has 0 spiro atoms. The number of carbonyl (C=O) groups is 1. The summed E-state index contributed by atoms with van der Waals surface area (Å²) in [5.41, 5.74) is 3.71. The third kappa shape index (κ3) is 2.12. The van der Waals surface area contributed by atoms with Crippen molar-refractivity contribution in [3.8, 4) is 11.5 Å². The Kier molecular flexibility index (Phi) is 3.56. The van der Waals surface area contributed by atoms with E-state index >= 15 is 0 Å². The van der Waals surface area contributed by atoms with Crippen LogP contribution in [0.3, 0.4) is 0 Å². The topological polar surface area (TPSA) is 48.0 Å². The number of esters is 1. The highest BCUT2D eigenvalue weighted by Gasteiger charge is 2.40. The van der Waals surface area contributed by atoms with Gasteiger partial charge in [-0.25, -0.2) is 4.79 Å². The lowest BCUT2D eigenvalue weighted by Crippen LogP contribution is -2.33. The van der Waals surface area contributed by atoms with E-state index in [-0.39, 0.29) is 5.97 Å². The first-order chi connectivity index (χ1) is 11.7. The normalized spacial score (nSPS) is 18.7. The van der Waals surface area contributed by atoms with Gasteiger partial charge in [-0.2, -0.15) is 0 Å². The summed E-state index contributed by atoms with van der Waals surface area (Å²) in [7, 11) is 3.10. The van der Waals surface area contributed by atoms with Gasteiger partial charge in [-0.15, -0.1) is 0 Å². The zero-order chi connectivity index (χ0) is 16.7. The third-order valence-electron chi connectivity index (χ3n) is 4.70. The lowest BCUT2D eigenvalue weighted by Gasteiger charge is -2.35. The zero-order valence-corrected chi connectivity index (χ0v) is 13.7. The van der Waals surface area contributed by atoms with E-state index < -0.39 is 6.23 Å². The van der Waals surface area contributed by atoms with Crippen molar-refractivity contribution in [1.29, 1.82) is 0 Å². The molecule has 1 atom stereocenters. The van der Waals surface area contributed by atoms with E-state index in [1.54, 1.807) is 7.11 Å². The first-order valence-corrected chi connectivity index (χ1v) is 8.05. The quantitative estimate of drug-likeness (QED) is 0.810. The standard InChI is InChI=1S/C19H19NO4/c1-22-15-10-9-13-16(17(15)23-2)19(21)24-18(13)20-11-5-7-12-6-3-4-8-14(12)20/h3-4,6,8-10,18H,5,7,11H2,1-2H3. The minimum Gasteiger partial charge on any atom is -0.493 e. The van der Waals surface area contributed by atoms with Gasteiger partial charge < -0.3 is 19.1 Å². The van der Waals surface area contributed by atoms with Crippen molar-refractivity contribution in [2.75, 3.05) is 25.7 Å². The predicted molar refractivity (Wildman–Crippen MR) is 89.8 cm³/mol. The molecule has 0 radical (unpaired) electrons. The number of para-hydroxylation sites is 1. The van der Waals surface area contributed by atoms with Crippen molar-refractivity contribution in [2.45, 2.75) is 19.1 Å². The Morgan fingerprint density at radius 3 is 2.75 bits per heavy atom. The van der Waals surface area contributed by atoms with E-state index in [1.807, 2.05) is 24.3 Å². The molecule has 0 aliphatic carbocycles. The predicted octanol–water partition coefficient (Wildman–Crippen LogP) is 3.33. The average Bonchev–Trinajstić information content (AvgIpc) is 2.97. The van der Waals surface area contributed by atoms with Gasteiger partial charge in [-0.05, 0) is 36.6 Å². The van der Waals surface area contributed by atoms with Gasteiger partial charge in [0.1, 0.15) is 5.56 Å². The van der Waals surface area contributed by atoms with Gasteiger partial charge in [0.15, 0.2) is 11.5 Å². The van der Waals surface area contributed by atoms with Gasteiger partial charge in [0.05, 0.1) is 14.2 Å². The largest absolute Gasteiger partial charge is 0.493 e. The summed E-state index contributed by atoms with van der Waals surface area (Å²) in [5, 5.41) is 0. The Hall–Kier alpha value is -2.69. The molecule has 5 heteroatoms. The van der Waals surface area contributed by atoms with Gasteiger partial charge in [0, 0.05) is 17.8 Å². The molecule has 0 amide bonds. The average molecular weight is 325 g/mol. The highest BCUT2D eigenvalue weighted by molar-refractivity contribution is 5.98. The summed E-state index contributed by atoms with van der Waals surface area (Å²) in [5.74, 6) is 0.606. The van der Waals surface area contributed by atoms with Gasteiger partial charge in [0.2, 0.25) is 6.23 Å². The number of hydrogen-bond acceptors (Lipinski definition) is 5. The molecule has 0 N–H and O–H groups in total. The van der Waals surface area contributed by atoms with Gasteiger partial charge in [-0.1, -0.05) is 18.2 Å². The number of rotatable bonds is 3. The fourth-order valence-corrected chi connectivity index (χ4v) is 3.62. The second-order valence-corrected chi connectivity index (χ2v) is 5.95. The summed E-state index contributed by atoms with van der Waals surface area (Å²) in [4.78, 5) is 14.7. The van der Waals surface area contributed by atoms with Crippen LogP contribution in [-0.2, 0) is 11.2 Å². The van der Waals surface area contributed by atoms with Crippen LogP contribution in [0.25, 0.3) is 0 Å². The number of benzene rings is 2. The minimum atomic E-state index is -0.422. The fourth-order valence-electron chi connectivity index (χ4n) is 3.62. The van der Waals surface area contributed by atoms with Crippen molar-refractivity contribution in [3.63, 3.8) is 0 Å². The molecule has 0 aromatic heterocycles. The highest BCUT2D eigenvalue weighted by atomic mass is 16.6. The smallest absolute Gasteiger partial charge is 0.344 e. The summed E-state index contributed by atoms with van der Waals surface area (Å²) in [6.45, 7) is 0.850. The summed E-state index contributed by atoms with van der Waals surface area (Å²) in [6, 6.07) is 12.0. The van der Waals surface area contributed by atoms with E-state index in [0.717, 1.165) is 30.6 Å². The molecule has 2 heterocycles. The SMILES string of the molecule is COc1ccc2c(c1OC)C(=O)OC2N1CCCc2ccccc21. The van der Waals surface area contributed by atoms with Gasteiger partial charge in [-0.3, -0.25) is 0 Å². The number of fused-ring (bicyclic) bond motifs is 2. The van der Waals surface area contributed by atoms with E-state index in [0.29, 0.717) is 17.1 Å². The van der Waals surface area contributed by atoms with Crippen molar-refractivity contribution in [2.24, 2.45) is 0 Å². The van der Waals surface area contributed by atoms with Crippen LogP contribution in [0.15, 0.2) is 36.4 Å². The molecule has 124 valence electrons. The Morgan fingerprint density at radius 1 is 1.12 bits per heavy atom. The number of carbonyl (C=O) groups excluding carboxylic acids is 1. The molecule has 0 fully saturated rings. The van der Waals surface area contributed by atoms with Crippen LogP contribution in [0.2, 0.25) is 0 Å². The Bertz CT molecular complexity index is 802. The van der Waals surface area contributed by atoms with E-state index in [4.69, 9.17) is 14.2 Å². The molecule has 4 rings (SSSR count). The van der Waals surface area contributed by atoms with Crippen LogP contribution in [0.5, 0.6) is 11.5 Å². The number of nitrogens with zero attached hydrogens (tertiary/aromatic N) is 1. The second kappa shape index (κ2) is 5.74. The molecule has 0 saturated carbocycles. The monoisotopic (exact) mass is 325 g/mol.